The number of para-hydroxylation sites is 1. The standard InChI is InChI=1S/C25H28N4OS/c1-17(19-11-12-19)29(15-18-7-3-2-4-8-18)23(30)16-31-25-27-22-10-6-5-9-21(22)24(28-25)26-20-13-14-20/h2-10,17,19-20H,11-16H2,1H3,(H,26,27,28). The van der Waals surface area contributed by atoms with Crippen molar-refractivity contribution in [3.8, 4) is 0 Å². The van der Waals surface area contributed by atoms with Crippen molar-refractivity contribution in [2.24, 2.45) is 5.92 Å². The van der Waals surface area contributed by atoms with E-state index < -0.39 is 0 Å². The molecule has 3 aromatic rings. The first-order valence-electron chi connectivity index (χ1n) is 11.2. The lowest BCUT2D eigenvalue weighted by Crippen LogP contribution is -2.40. The molecule has 1 heterocycles. The van der Waals surface area contributed by atoms with Gasteiger partial charge in [0.05, 0.1) is 11.3 Å². The van der Waals surface area contributed by atoms with Gasteiger partial charge in [0, 0.05) is 24.0 Å². The second-order valence-electron chi connectivity index (χ2n) is 8.66. The van der Waals surface area contributed by atoms with Crippen LogP contribution in [0.15, 0.2) is 59.8 Å². The molecule has 1 N–H and O–H groups in total. The van der Waals surface area contributed by atoms with E-state index in [0.717, 1.165) is 16.7 Å². The highest BCUT2D eigenvalue weighted by Gasteiger charge is 2.34. The van der Waals surface area contributed by atoms with Gasteiger partial charge < -0.3 is 10.2 Å². The third-order valence-corrected chi connectivity index (χ3v) is 6.97. The molecular weight excluding hydrogens is 404 g/mol. The number of carbonyl (C=O) groups excluding carboxylic acids is 1. The number of carbonyl (C=O) groups is 1. The molecule has 0 radical (unpaired) electrons. The molecule has 0 aliphatic heterocycles. The summed E-state index contributed by atoms with van der Waals surface area (Å²) in [5.41, 5.74) is 2.09. The van der Waals surface area contributed by atoms with Crippen molar-refractivity contribution < 1.29 is 4.79 Å². The summed E-state index contributed by atoms with van der Waals surface area (Å²) >= 11 is 1.44. The number of rotatable bonds is 9. The molecular formula is C25H28N4OS. The summed E-state index contributed by atoms with van der Waals surface area (Å²) in [4.78, 5) is 24.8. The average molecular weight is 433 g/mol. The molecule has 5 nitrogen and oxygen atoms in total. The third-order valence-electron chi connectivity index (χ3n) is 6.14. The molecule has 2 saturated carbocycles. The summed E-state index contributed by atoms with van der Waals surface area (Å²) < 4.78 is 0. The summed E-state index contributed by atoms with van der Waals surface area (Å²) in [5, 5.41) is 5.22. The fourth-order valence-corrected chi connectivity index (χ4v) is 4.67. The van der Waals surface area contributed by atoms with Crippen LogP contribution in [-0.4, -0.2) is 38.6 Å². The van der Waals surface area contributed by atoms with Crippen molar-refractivity contribution in [2.75, 3.05) is 11.1 Å². The van der Waals surface area contributed by atoms with Crippen LogP contribution in [0.3, 0.4) is 0 Å². The van der Waals surface area contributed by atoms with Gasteiger partial charge in [0.1, 0.15) is 5.82 Å². The van der Waals surface area contributed by atoms with E-state index in [0.29, 0.717) is 29.4 Å². The number of thioether (sulfide) groups is 1. The highest BCUT2D eigenvalue weighted by Crippen LogP contribution is 2.36. The van der Waals surface area contributed by atoms with Crippen LogP contribution >= 0.6 is 11.8 Å². The van der Waals surface area contributed by atoms with E-state index in [9.17, 15) is 4.79 Å². The zero-order valence-electron chi connectivity index (χ0n) is 17.8. The molecule has 2 aliphatic carbocycles. The molecule has 0 saturated heterocycles. The van der Waals surface area contributed by atoms with Crippen LogP contribution < -0.4 is 5.32 Å². The molecule has 31 heavy (non-hydrogen) atoms. The lowest BCUT2D eigenvalue weighted by Gasteiger charge is -2.29. The molecule has 0 bridgehead atoms. The van der Waals surface area contributed by atoms with Crippen LogP contribution in [0.25, 0.3) is 10.9 Å². The Labute approximate surface area is 187 Å². The van der Waals surface area contributed by atoms with Crippen molar-refractivity contribution in [3.63, 3.8) is 0 Å². The number of fused-ring (bicyclic) bond motifs is 1. The lowest BCUT2D eigenvalue weighted by molar-refractivity contribution is -0.131. The third kappa shape index (κ3) is 5.01. The average Bonchev–Trinajstić information content (AvgIpc) is 3.71. The molecule has 1 amide bonds. The van der Waals surface area contributed by atoms with Crippen molar-refractivity contribution >= 4 is 34.4 Å². The Balaban J connectivity index is 1.32. The van der Waals surface area contributed by atoms with Crippen molar-refractivity contribution in [1.82, 2.24) is 14.9 Å². The Kier molecular flexibility index (Phi) is 5.81. The molecule has 2 aromatic carbocycles. The first-order valence-corrected chi connectivity index (χ1v) is 12.2. The molecule has 1 aromatic heterocycles. The van der Waals surface area contributed by atoms with E-state index in [-0.39, 0.29) is 11.9 Å². The summed E-state index contributed by atoms with van der Waals surface area (Å²) in [7, 11) is 0. The zero-order valence-corrected chi connectivity index (χ0v) is 18.6. The second-order valence-corrected chi connectivity index (χ2v) is 9.61. The van der Waals surface area contributed by atoms with Crippen LogP contribution in [-0.2, 0) is 11.3 Å². The zero-order chi connectivity index (χ0) is 21.2. The van der Waals surface area contributed by atoms with Gasteiger partial charge in [-0.2, -0.15) is 0 Å². The minimum absolute atomic E-state index is 0.154. The van der Waals surface area contributed by atoms with Gasteiger partial charge in [-0.1, -0.05) is 54.2 Å². The maximum absolute atomic E-state index is 13.3. The number of aromatic nitrogens is 2. The van der Waals surface area contributed by atoms with E-state index in [1.807, 2.05) is 41.3 Å². The first kappa shape index (κ1) is 20.3. The smallest absolute Gasteiger partial charge is 0.233 e. The minimum atomic E-state index is 0.154. The van der Waals surface area contributed by atoms with Gasteiger partial charge in [0.2, 0.25) is 5.91 Å². The largest absolute Gasteiger partial charge is 0.367 e. The summed E-state index contributed by atoms with van der Waals surface area (Å²) in [6, 6.07) is 19.1. The van der Waals surface area contributed by atoms with Gasteiger partial charge in [0.15, 0.2) is 5.16 Å². The summed E-state index contributed by atoms with van der Waals surface area (Å²) in [6.07, 6.45) is 4.81. The molecule has 1 atom stereocenters. The second kappa shape index (κ2) is 8.87. The molecule has 5 rings (SSSR count). The summed E-state index contributed by atoms with van der Waals surface area (Å²) in [5.74, 6) is 2.02. The van der Waals surface area contributed by atoms with Crippen molar-refractivity contribution in [1.29, 1.82) is 0 Å². The highest BCUT2D eigenvalue weighted by molar-refractivity contribution is 7.99. The Hall–Kier alpha value is -2.60. The van der Waals surface area contributed by atoms with Gasteiger partial charge in [0.25, 0.3) is 0 Å². The van der Waals surface area contributed by atoms with Gasteiger partial charge in [-0.25, -0.2) is 9.97 Å². The number of hydrogen-bond donors (Lipinski definition) is 1. The van der Waals surface area contributed by atoms with E-state index in [1.54, 1.807) is 0 Å². The number of amides is 1. The number of hydrogen-bond acceptors (Lipinski definition) is 5. The fraction of sp³-hybridized carbons (Fsp3) is 0.400. The molecule has 1 unspecified atom stereocenters. The van der Waals surface area contributed by atoms with Crippen molar-refractivity contribution in [2.45, 2.75) is 56.4 Å². The van der Waals surface area contributed by atoms with E-state index in [4.69, 9.17) is 9.97 Å². The Morgan fingerprint density at radius 2 is 1.81 bits per heavy atom. The Bertz CT molecular complexity index is 1070. The topological polar surface area (TPSA) is 58.1 Å². The highest BCUT2D eigenvalue weighted by atomic mass is 32.2. The predicted octanol–water partition coefficient (Wildman–Crippen LogP) is 5.12. The predicted molar refractivity (Wildman–Crippen MR) is 126 cm³/mol. The number of benzene rings is 2. The fourth-order valence-electron chi connectivity index (χ4n) is 3.93. The van der Waals surface area contributed by atoms with Crippen LogP contribution in [0.4, 0.5) is 5.82 Å². The van der Waals surface area contributed by atoms with E-state index >= 15 is 0 Å². The number of nitrogens with zero attached hydrogens (tertiary/aromatic N) is 3. The Morgan fingerprint density at radius 1 is 1.06 bits per heavy atom. The number of anilines is 1. The number of nitrogens with one attached hydrogen (secondary N) is 1. The quantitative estimate of drug-likeness (QED) is 0.375. The molecule has 6 heteroatoms. The monoisotopic (exact) mass is 432 g/mol. The lowest BCUT2D eigenvalue weighted by atomic mass is 10.1. The van der Waals surface area contributed by atoms with Crippen LogP contribution in [0.5, 0.6) is 0 Å². The molecule has 160 valence electrons. The van der Waals surface area contributed by atoms with Crippen LogP contribution in [0.1, 0.15) is 38.2 Å². The first-order chi connectivity index (χ1) is 15.2. The maximum atomic E-state index is 13.3. The van der Waals surface area contributed by atoms with Crippen molar-refractivity contribution in [3.05, 3.63) is 60.2 Å². The minimum Gasteiger partial charge on any atom is -0.367 e. The molecule has 2 fully saturated rings. The SMILES string of the molecule is CC(C1CC1)N(Cc1ccccc1)C(=O)CSc1nc(NC2CC2)c2ccccc2n1. The molecule has 0 spiro atoms. The van der Waals surface area contributed by atoms with E-state index in [2.05, 4.69) is 30.4 Å². The van der Waals surface area contributed by atoms with Gasteiger partial charge in [-0.15, -0.1) is 0 Å². The summed E-state index contributed by atoms with van der Waals surface area (Å²) in [6.45, 7) is 2.85. The van der Waals surface area contributed by atoms with Gasteiger partial charge >= 0.3 is 0 Å². The maximum Gasteiger partial charge on any atom is 0.233 e. The Morgan fingerprint density at radius 3 is 2.55 bits per heavy atom. The molecule has 2 aliphatic rings. The van der Waals surface area contributed by atoms with Crippen LogP contribution in [0.2, 0.25) is 0 Å². The van der Waals surface area contributed by atoms with Gasteiger partial charge in [-0.05, 0) is 56.2 Å². The van der Waals surface area contributed by atoms with E-state index in [1.165, 1.54) is 43.0 Å². The van der Waals surface area contributed by atoms with Crippen LogP contribution in [0, 0.1) is 5.92 Å². The van der Waals surface area contributed by atoms with Gasteiger partial charge in [-0.3, -0.25) is 4.79 Å². The normalized spacial score (nSPS) is 16.8.